The van der Waals surface area contributed by atoms with Gasteiger partial charge in [-0.25, -0.2) is 0 Å². The molecule has 1 aromatic heterocycles. The van der Waals surface area contributed by atoms with E-state index in [4.69, 9.17) is 10.5 Å². The van der Waals surface area contributed by atoms with E-state index in [-0.39, 0.29) is 12.0 Å². The second kappa shape index (κ2) is 5.33. The summed E-state index contributed by atoms with van der Waals surface area (Å²) in [6.45, 7) is 4.19. The molecule has 6 heteroatoms. The van der Waals surface area contributed by atoms with E-state index in [1.165, 1.54) is 7.11 Å². The Labute approximate surface area is 89.3 Å². The van der Waals surface area contributed by atoms with Crippen molar-refractivity contribution in [2.75, 3.05) is 18.2 Å². The van der Waals surface area contributed by atoms with E-state index in [2.05, 4.69) is 34.1 Å². The molecule has 1 aromatic rings. The summed E-state index contributed by atoms with van der Waals surface area (Å²) in [6, 6.07) is 0.537. The molecule has 0 fully saturated rings. The van der Waals surface area contributed by atoms with Crippen molar-refractivity contribution >= 4 is 11.9 Å². The van der Waals surface area contributed by atoms with Crippen molar-refractivity contribution in [2.45, 2.75) is 32.7 Å². The highest BCUT2D eigenvalue weighted by Crippen LogP contribution is 2.10. The van der Waals surface area contributed by atoms with E-state index < -0.39 is 0 Å². The minimum atomic E-state index is 0.160. The summed E-state index contributed by atoms with van der Waals surface area (Å²) < 4.78 is 4.89. The molecule has 1 atom stereocenters. The van der Waals surface area contributed by atoms with E-state index in [0.717, 1.165) is 12.8 Å². The minimum Gasteiger partial charge on any atom is -0.467 e. The van der Waals surface area contributed by atoms with Crippen molar-refractivity contribution in [3.63, 3.8) is 0 Å². The molecule has 0 amide bonds. The van der Waals surface area contributed by atoms with Gasteiger partial charge in [0.15, 0.2) is 0 Å². The van der Waals surface area contributed by atoms with Crippen LogP contribution in [0.1, 0.15) is 26.7 Å². The quantitative estimate of drug-likeness (QED) is 0.757. The normalized spacial score (nSPS) is 12.2. The third-order valence-corrected chi connectivity index (χ3v) is 1.91. The van der Waals surface area contributed by atoms with Crippen LogP contribution in [0.25, 0.3) is 0 Å². The molecular weight excluding hydrogens is 194 g/mol. The van der Waals surface area contributed by atoms with Gasteiger partial charge in [0.1, 0.15) is 0 Å². The Morgan fingerprint density at radius 3 is 2.73 bits per heavy atom. The molecule has 1 unspecified atom stereocenters. The average molecular weight is 211 g/mol. The minimum absolute atomic E-state index is 0.160. The summed E-state index contributed by atoms with van der Waals surface area (Å²) in [5.74, 6) is 0.619. The molecule has 0 aliphatic carbocycles. The second-order valence-corrected chi connectivity index (χ2v) is 3.34. The lowest BCUT2D eigenvalue weighted by Crippen LogP contribution is -2.17. The lowest BCUT2D eigenvalue weighted by Gasteiger charge is -2.12. The Bertz CT molecular complexity index is 317. The van der Waals surface area contributed by atoms with Gasteiger partial charge >= 0.3 is 6.01 Å². The lowest BCUT2D eigenvalue weighted by molar-refractivity contribution is 0.379. The zero-order valence-corrected chi connectivity index (χ0v) is 9.32. The molecule has 0 aliphatic rings. The zero-order valence-electron chi connectivity index (χ0n) is 9.32. The Balaban J connectivity index is 2.71. The molecule has 1 heterocycles. The van der Waals surface area contributed by atoms with Crippen molar-refractivity contribution in [3.05, 3.63) is 0 Å². The van der Waals surface area contributed by atoms with E-state index in [1.54, 1.807) is 0 Å². The second-order valence-electron chi connectivity index (χ2n) is 3.34. The van der Waals surface area contributed by atoms with Crippen LogP contribution in [0.4, 0.5) is 11.9 Å². The summed E-state index contributed by atoms with van der Waals surface area (Å²) in [4.78, 5) is 11.8. The number of nitrogens with one attached hydrogen (secondary N) is 1. The standard InChI is InChI=1S/C9H17N5O/c1-4-5-6(2)11-8-12-7(10)13-9(14-8)15-3/h6H,4-5H2,1-3H3,(H3,10,11,12,13,14). The summed E-state index contributed by atoms with van der Waals surface area (Å²) in [7, 11) is 1.49. The van der Waals surface area contributed by atoms with Crippen LogP contribution in [0.5, 0.6) is 6.01 Å². The first-order chi connectivity index (χ1) is 7.15. The van der Waals surface area contributed by atoms with E-state index in [1.807, 2.05) is 0 Å². The highest BCUT2D eigenvalue weighted by atomic mass is 16.5. The average Bonchev–Trinajstić information content (AvgIpc) is 2.17. The fourth-order valence-electron chi connectivity index (χ4n) is 1.25. The molecule has 0 saturated heterocycles. The first kappa shape index (κ1) is 11.5. The topological polar surface area (TPSA) is 86.0 Å². The molecule has 6 nitrogen and oxygen atoms in total. The van der Waals surface area contributed by atoms with Gasteiger partial charge in [-0.05, 0) is 13.3 Å². The number of rotatable bonds is 5. The number of nitrogens with zero attached hydrogens (tertiary/aromatic N) is 3. The van der Waals surface area contributed by atoms with Crippen molar-refractivity contribution in [3.8, 4) is 6.01 Å². The lowest BCUT2D eigenvalue weighted by atomic mass is 10.2. The van der Waals surface area contributed by atoms with Gasteiger partial charge in [-0.3, -0.25) is 0 Å². The van der Waals surface area contributed by atoms with Crippen LogP contribution in [-0.2, 0) is 0 Å². The number of ether oxygens (including phenoxy) is 1. The van der Waals surface area contributed by atoms with Gasteiger partial charge in [-0.2, -0.15) is 15.0 Å². The Kier molecular flexibility index (Phi) is 4.08. The predicted octanol–water partition coefficient (Wildman–Crippen LogP) is 1.06. The van der Waals surface area contributed by atoms with Gasteiger partial charge in [0.25, 0.3) is 0 Å². The number of hydrogen-bond acceptors (Lipinski definition) is 6. The van der Waals surface area contributed by atoms with E-state index in [0.29, 0.717) is 12.0 Å². The van der Waals surface area contributed by atoms with Crippen LogP contribution in [0.3, 0.4) is 0 Å². The zero-order chi connectivity index (χ0) is 11.3. The molecular formula is C9H17N5O. The van der Waals surface area contributed by atoms with Crippen LogP contribution in [0, 0.1) is 0 Å². The van der Waals surface area contributed by atoms with Gasteiger partial charge in [0.05, 0.1) is 7.11 Å². The molecule has 0 spiro atoms. The number of methoxy groups -OCH3 is 1. The smallest absolute Gasteiger partial charge is 0.322 e. The maximum absolute atomic E-state index is 5.50. The van der Waals surface area contributed by atoms with Gasteiger partial charge < -0.3 is 15.8 Å². The summed E-state index contributed by atoms with van der Waals surface area (Å²) in [5.41, 5.74) is 5.50. The fourth-order valence-corrected chi connectivity index (χ4v) is 1.25. The maximum Gasteiger partial charge on any atom is 0.322 e. The Morgan fingerprint density at radius 2 is 2.13 bits per heavy atom. The molecule has 0 aliphatic heterocycles. The Morgan fingerprint density at radius 1 is 1.40 bits per heavy atom. The van der Waals surface area contributed by atoms with Crippen LogP contribution in [0.2, 0.25) is 0 Å². The molecule has 15 heavy (non-hydrogen) atoms. The van der Waals surface area contributed by atoms with Gasteiger partial charge in [0.2, 0.25) is 11.9 Å². The van der Waals surface area contributed by atoms with E-state index in [9.17, 15) is 0 Å². The van der Waals surface area contributed by atoms with Crippen LogP contribution < -0.4 is 15.8 Å². The number of nitrogens with two attached hydrogens (primary N) is 1. The summed E-state index contributed by atoms with van der Waals surface area (Å²) in [5, 5.41) is 3.14. The summed E-state index contributed by atoms with van der Waals surface area (Å²) >= 11 is 0. The van der Waals surface area contributed by atoms with Gasteiger partial charge in [-0.15, -0.1) is 0 Å². The Hall–Kier alpha value is -1.59. The van der Waals surface area contributed by atoms with E-state index >= 15 is 0 Å². The highest BCUT2D eigenvalue weighted by molar-refractivity contribution is 5.33. The highest BCUT2D eigenvalue weighted by Gasteiger charge is 2.06. The van der Waals surface area contributed by atoms with Crippen LogP contribution >= 0.6 is 0 Å². The molecule has 0 saturated carbocycles. The van der Waals surface area contributed by atoms with Crippen molar-refractivity contribution in [2.24, 2.45) is 0 Å². The largest absolute Gasteiger partial charge is 0.467 e. The van der Waals surface area contributed by atoms with Gasteiger partial charge in [-0.1, -0.05) is 13.3 Å². The van der Waals surface area contributed by atoms with Crippen molar-refractivity contribution < 1.29 is 4.74 Å². The third-order valence-electron chi connectivity index (χ3n) is 1.91. The van der Waals surface area contributed by atoms with Crippen molar-refractivity contribution in [1.29, 1.82) is 0 Å². The third kappa shape index (κ3) is 3.57. The number of hydrogen-bond donors (Lipinski definition) is 2. The van der Waals surface area contributed by atoms with Crippen molar-refractivity contribution in [1.82, 2.24) is 15.0 Å². The fraction of sp³-hybridized carbons (Fsp3) is 0.667. The van der Waals surface area contributed by atoms with Crippen LogP contribution in [-0.4, -0.2) is 28.1 Å². The predicted molar refractivity (Wildman–Crippen MR) is 58.8 cm³/mol. The maximum atomic E-state index is 5.50. The van der Waals surface area contributed by atoms with Gasteiger partial charge in [0, 0.05) is 6.04 Å². The molecule has 1 rings (SSSR count). The molecule has 84 valence electrons. The molecule has 0 bridgehead atoms. The first-order valence-corrected chi connectivity index (χ1v) is 4.97. The molecule has 0 aromatic carbocycles. The number of anilines is 2. The SMILES string of the molecule is CCCC(C)Nc1nc(N)nc(OC)n1. The first-order valence-electron chi connectivity index (χ1n) is 4.97. The molecule has 3 N–H and O–H groups in total. The monoisotopic (exact) mass is 211 g/mol. The van der Waals surface area contributed by atoms with Crippen LogP contribution in [0.15, 0.2) is 0 Å². The number of nitrogen functional groups attached to an aromatic ring is 1. The molecule has 0 radical (unpaired) electrons. The number of aromatic nitrogens is 3. The summed E-state index contributed by atoms with van der Waals surface area (Å²) in [6.07, 6.45) is 2.15.